The summed E-state index contributed by atoms with van der Waals surface area (Å²) in [5, 5.41) is 0. The molecule has 0 N–H and O–H groups in total. The van der Waals surface area contributed by atoms with E-state index in [2.05, 4.69) is 0 Å². The average molecular weight is 688 g/mol. The Hall–Kier alpha value is -0.317. The van der Waals surface area contributed by atoms with Crippen LogP contribution in [-0.4, -0.2) is 73.9 Å². The van der Waals surface area contributed by atoms with E-state index in [4.69, 9.17) is 51.9 Å². The van der Waals surface area contributed by atoms with Crippen molar-refractivity contribution in [3.63, 3.8) is 0 Å². The first-order valence-corrected chi connectivity index (χ1v) is 10.7. The minimum absolute atomic E-state index is 0. The normalized spacial score (nSPS) is 13.6. The van der Waals surface area contributed by atoms with Crippen LogP contribution < -0.4 is 0 Å². The standard InChI is InChI=1S/4CHF3O3S.Zr/c4*2-1(3,4)8(5,6)7;/h4*(H,5,6,7);/q;;;;+4/p-4. The molecule has 200 valence electrons. The summed E-state index contributed by atoms with van der Waals surface area (Å²) in [5.74, 6) is 0. The molecule has 29 heteroatoms. The molecule has 0 saturated heterocycles. The van der Waals surface area contributed by atoms with Crippen LogP contribution >= 0.6 is 0 Å². The molecular weight excluding hydrogens is 688 g/mol. The SMILES string of the molecule is O=S(=O)([O-])C(F)(F)F.O=S(=O)([O-])C(F)(F)F.O=S(=O)([O-])C(F)(F)F.O=S(=O)([O-])C(F)(F)F.[Zr+4]. The number of hydrogen-bond donors (Lipinski definition) is 0. The predicted molar refractivity (Wildman–Crippen MR) is 63.0 cm³/mol. The molecule has 0 saturated carbocycles. The van der Waals surface area contributed by atoms with Gasteiger partial charge in [0.1, 0.15) is 0 Å². The van der Waals surface area contributed by atoms with Gasteiger partial charge in [0.2, 0.25) is 0 Å². The van der Waals surface area contributed by atoms with E-state index in [1.54, 1.807) is 0 Å². The van der Waals surface area contributed by atoms with Gasteiger partial charge in [-0.2, -0.15) is 52.7 Å². The molecule has 0 aromatic rings. The maximum absolute atomic E-state index is 10.7. The van der Waals surface area contributed by atoms with Gasteiger partial charge in [0.05, 0.1) is 0 Å². The van der Waals surface area contributed by atoms with Crippen LogP contribution in [0, 0.1) is 0 Å². The van der Waals surface area contributed by atoms with Crippen LogP contribution in [0.1, 0.15) is 0 Å². The third-order valence-electron chi connectivity index (χ3n) is 1.13. The molecule has 0 bridgehead atoms. The van der Waals surface area contributed by atoms with Gasteiger partial charge in [-0.3, -0.25) is 0 Å². The molecule has 0 spiro atoms. The number of halogens is 12. The molecule has 33 heavy (non-hydrogen) atoms. The monoisotopic (exact) mass is 686 g/mol. The van der Waals surface area contributed by atoms with Gasteiger partial charge in [0.25, 0.3) is 0 Å². The molecule has 0 aliphatic rings. The van der Waals surface area contributed by atoms with Gasteiger partial charge in [-0.25, -0.2) is 33.7 Å². The zero-order chi connectivity index (χ0) is 28.0. The molecule has 0 aliphatic carbocycles. The summed E-state index contributed by atoms with van der Waals surface area (Å²) in [6.45, 7) is 0. The minimum Gasteiger partial charge on any atom is -0.741 e. The van der Waals surface area contributed by atoms with Crippen LogP contribution in [0.4, 0.5) is 52.7 Å². The van der Waals surface area contributed by atoms with Crippen molar-refractivity contribution in [2.45, 2.75) is 22.0 Å². The fraction of sp³-hybridized carbons (Fsp3) is 1.00. The minimum atomic E-state index is -6.09. The molecular formula is C4F12O12S4Zr. The van der Waals surface area contributed by atoms with Crippen molar-refractivity contribution in [1.82, 2.24) is 0 Å². The number of rotatable bonds is 0. The van der Waals surface area contributed by atoms with Crippen molar-refractivity contribution in [3.8, 4) is 0 Å². The second-order valence-electron chi connectivity index (χ2n) is 3.60. The fourth-order valence-electron chi connectivity index (χ4n) is 0. The Morgan fingerprint density at radius 2 is 0.364 bits per heavy atom. The molecule has 0 radical (unpaired) electrons. The fourth-order valence-corrected chi connectivity index (χ4v) is 0. The average Bonchev–Trinajstić information content (AvgIpc) is 2.30. The van der Waals surface area contributed by atoms with Crippen LogP contribution in [0.25, 0.3) is 0 Å². The number of alkyl halides is 12. The maximum Gasteiger partial charge on any atom is 4.00 e. The van der Waals surface area contributed by atoms with Crippen molar-refractivity contribution < 1.29 is 131 Å². The Morgan fingerprint density at radius 3 is 0.364 bits per heavy atom. The predicted octanol–water partition coefficient (Wildman–Crippen LogP) is 0.203. The van der Waals surface area contributed by atoms with Crippen molar-refractivity contribution in [2.75, 3.05) is 0 Å². The summed E-state index contributed by atoms with van der Waals surface area (Å²) < 4.78 is 236. The van der Waals surface area contributed by atoms with Gasteiger partial charge in [-0.05, 0) is 0 Å². The van der Waals surface area contributed by atoms with E-state index in [1.165, 1.54) is 0 Å². The van der Waals surface area contributed by atoms with Crippen LogP contribution in [-0.2, 0) is 66.7 Å². The van der Waals surface area contributed by atoms with E-state index in [0.29, 0.717) is 0 Å². The largest absolute Gasteiger partial charge is 4.00 e. The van der Waals surface area contributed by atoms with Gasteiger partial charge >= 0.3 is 48.2 Å². The van der Waals surface area contributed by atoms with E-state index in [0.717, 1.165) is 0 Å². The van der Waals surface area contributed by atoms with Crippen LogP contribution in [0.2, 0.25) is 0 Å². The molecule has 0 fully saturated rings. The summed E-state index contributed by atoms with van der Waals surface area (Å²) in [6.07, 6.45) is 0. The summed E-state index contributed by atoms with van der Waals surface area (Å²) in [7, 11) is -24.4. The van der Waals surface area contributed by atoms with E-state index in [1.807, 2.05) is 0 Å². The molecule has 0 aliphatic heterocycles. The van der Waals surface area contributed by atoms with Crippen molar-refractivity contribution in [2.24, 2.45) is 0 Å². The second kappa shape index (κ2) is 13.1. The topological polar surface area (TPSA) is 229 Å². The van der Waals surface area contributed by atoms with Crippen molar-refractivity contribution in [1.29, 1.82) is 0 Å². The zero-order valence-corrected chi connectivity index (χ0v) is 19.3. The molecule has 0 aromatic heterocycles. The third-order valence-corrected chi connectivity index (χ3v) is 3.40. The van der Waals surface area contributed by atoms with Gasteiger partial charge in [0.15, 0.2) is 40.5 Å². The number of hydrogen-bond acceptors (Lipinski definition) is 12. The van der Waals surface area contributed by atoms with E-state index >= 15 is 0 Å². The molecule has 12 nitrogen and oxygen atoms in total. The van der Waals surface area contributed by atoms with Crippen LogP contribution in [0.3, 0.4) is 0 Å². The first kappa shape index (κ1) is 42.8. The van der Waals surface area contributed by atoms with Gasteiger partial charge in [0, 0.05) is 0 Å². The zero-order valence-electron chi connectivity index (χ0n) is 13.6. The Bertz CT molecular complexity index is 828. The Morgan fingerprint density at radius 1 is 0.333 bits per heavy atom. The van der Waals surface area contributed by atoms with E-state index < -0.39 is 62.5 Å². The molecule has 0 atom stereocenters. The van der Waals surface area contributed by atoms with Gasteiger partial charge in [-0.1, -0.05) is 0 Å². The van der Waals surface area contributed by atoms with Crippen LogP contribution in [0.5, 0.6) is 0 Å². The summed E-state index contributed by atoms with van der Waals surface area (Å²) in [6, 6.07) is 0. The third kappa shape index (κ3) is 21.9. The Balaban J connectivity index is -0.000000105. The molecule has 0 heterocycles. The van der Waals surface area contributed by atoms with Gasteiger partial charge in [-0.15, -0.1) is 0 Å². The summed E-state index contributed by atoms with van der Waals surface area (Å²) in [4.78, 5) is 0. The summed E-state index contributed by atoms with van der Waals surface area (Å²) in [5.41, 5.74) is -22.6. The van der Waals surface area contributed by atoms with Gasteiger partial charge < -0.3 is 18.2 Å². The van der Waals surface area contributed by atoms with E-state index in [-0.39, 0.29) is 26.2 Å². The smallest absolute Gasteiger partial charge is 0.741 e. The van der Waals surface area contributed by atoms with E-state index in [9.17, 15) is 52.7 Å². The quantitative estimate of drug-likeness (QED) is 0.189. The molecule has 0 amide bonds. The molecule has 0 rings (SSSR count). The first-order chi connectivity index (χ1) is 13.0. The van der Waals surface area contributed by atoms with Crippen molar-refractivity contribution >= 4 is 40.5 Å². The second-order valence-corrected chi connectivity index (χ2v) is 9.08. The first-order valence-electron chi connectivity index (χ1n) is 5.08. The summed E-state index contributed by atoms with van der Waals surface area (Å²) >= 11 is 0. The maximum atomic E-state index is 10.7. The molecule has 0 aromatic carbocycles. The van der Waals surface area contributed by atoms with Crippen molar-refractivity contribution in [3.05, 3.63) is 0 Å². The Labute approximate surface area is 193 Å². The Kier molecular flexibility index (Phi) is 17.0. The van der Waals surface area contributed by atoms with Crippen LogP contribution in [0.15, 0.2) is 0 Å². The molecule has 0 unspecified atom stereocenters.